The predicted molar refractivity (Wildman–Crippen MR) is 134 cm³/mol. The third kappa shape index (κ3) is 9.26. The summed E-state index contributed by atoms with van der Waals surface area (Å²) in [7, 11) is 1.81. The normalized spacial score (nSPS) is 15.8. The van der Waals surface area contributed by atoms with Crippen molar-refractivity contribution in [1.29, 1.82) is 0 Å². The number of halogens is 1. The first-order valence-corrected chi connectivity index (χ1v) is 10.8. The van der Waals surface area contributed by atoms with Crippen molar-refractivity contribution in [2.75, 3.05) is 59.7 Å². The number of hydrogen-bond acceptors (Lipinski definition) is 5. The number of ether oxygens (including phenoxy) is 3. The quantitative estimate of drug-likeness (QED) is 0.196. The molecule has 1 heterocycles. The highest BCUT2D eigenvalue weighted by Gasteiger charge is 2.13. The summed E-state index contributed by atoms with van der Waals surface area (Å²) < 4.78 is 16.8. The summed E-state index contributed by atoms with van der Waals surface area (Å²) in [5, 5.41) is 6.88. The first kappa shape index (κ1) is 26.8. The summed E-state index contributed by atoms with van der Waals surface area (Å²) in [4.78, 5) is 6.83. The molecular formula is C22H39IN4O3. The number of hydrogen-bond donors (Lipinski definition) is 2. The Morgan fingerprint density at radius 1 is 1.13 bits per heavy atom. The van der Waals surface area contributed by atoms with Crippen molar-refractivity contribution in [3.05, 3.63) is 23.8 Å². The molecular weight excluding hydrogens is 495 g/mol. The lowest BCUT2D eigenvalue weighted by Crippen LogP contribution is -2.39. The monoisotopic (exact) mass is 534 g/mol. The molecule has 7 nitrogen and oxygen atoms in total. The molecule has 172 valence electrons. The van der Waals surface area contributed by atoms with E-state index in [0.717, 1.165) is 68.8 Å². The maximum Gasteiger partial charge on any atom is 0.191 e. The zero-order valence-corrected chi connectivity index (χ0v) is 21.2. The lowest BCUT2D eigenvalue weighted by atomic mass is 10.1. The molecule has 30 heavy (non-hydrogen) atoms. The van der Waals surface area contributed by atoms with E-state index in [1.165, 1.54) is 6.42 Å². The van der Waals surface area contributed by atoms with Gasteiger partial charge < -0.3 is 24.8 Å². The molecule has 0 spiro atoms. The fourth-order valence-electron chi connectivity index (χ4n) is 3.31. The molecule has 1 saturated heterocycles. The minimum atomic E-state index is 0. The summed E-state index contributed by atoms with van der Waals surface area (Å²) in [5.74, 6) is 2.38. The summed E-state index contributed by atoms with van der Waals surface area (Å²) in [6.45, 7) is 13.2. The third-order valence-corrected chi connectivity index (χ3v) is 4.94. The van der Waals surface area contributed by atoms with E-state index in [2.05, 4.69) is 33.5 Å². The first-order chi connectivity index (χ1) is 14.2. The molecule has 0 saturated carbocycles. The van der Waals surface area contributed by atoms with Gasteiger partial charge in [-0.2, -0.15) is 0 Å². The first-order valence-electron chi connectivity index (χ1n) is 10.8. The van der Waals surface area contributed by atoms with Gasteiger partial charge in [-0.3, -0.25) is 9.89 Å². The molecule has 0 aliphatic carbocycles. The Labute approximate surface area is 199 Å². The van der Waals surface area contributed by atoms with E-state index in [1.54, 1.807) is 7.05 Å². The number of guanidine groups is 1. The van der Waals surface area contributed by atoms with Crippen LogP contribution in [-0.4, -0.2) is 70.5 Å². The molecule has 1 aromatic rings. The van der Waals surface area contributed by atoms with E-state index >= 15 is 0 Å². The molecule has 1 unspecified atom stereocenters. The van der Waals surface area contributed by atoms with E-state index in [9.17, 15) is 0 Å². The van der Waals surface area contributed by atoms with Crippen molar-refractivity contribution < 1.29 is 14.2 Å². The fourth-order valence-corrected chi connectivity index (χ4v) is 3.31. The second-order valence-electron chi connectivity index (χ2n) is 7.10. The van der Waals surface area contributed by atoms with Crippen molar-refractivity contribution in [2.24, 2.45) is 4.99 Å². The van der Waals surface area contributed by atoms with Gasteiger partial charge in [0.25, 0.3) is 0 Å². The highest BCUT2D eigenvalue weighted by molar-refractivity contribution is 14.0. The van der Waals surface area contributed by atoms with Crippen LogP contribution in [-0.2, 0) is 4.74 Å². The Morgan fingerprint density at radius 3 is 2.50 bits per heavy atom. The third-order valence-electron chi connectivity index (χ3n) is 4.94. The van der Waals surface area contributed by atoms with Crippen molar-refractivity contribution in [1.82, 2.24) is 15.5 Å². The van der Waals surface area contributed by atoms with Gasteiger partial charge in [-0.1, -0.05) is 6.07 Å². The van der Waals surface area contributed by atoms with Crippen LogP contribution < -0.4 is 20.1 Å². The van der Waals surface area contributed by atoms with Gasteiger partial charge in [0.2, 0.25) is 0 Å². The number of morpholine rings is 1. The maximum absolute atomic E-state index is 5.74. The summed E-state index contributed by atoms with van der Waals surface area (Å²) in [5.41, 5.74) is 1.13. The van der Waals surface area contributed by atoms with Crippen LogP contribution >= 0.6 is 24.0 Å². The van der Waals surface area contributed by atoms with Crippen LogP contribution in [0.25, 0.3) is 0 Å². The van der Waals surface area contributed by atoms with Crippen LogP contribution in [0.5, 0.6) is 11.5 Å². The lowest BCUT2D eigenvalue weighted by molar-refractivity contribution is 0.0372. The molecule has 2 N–H and O–H groups in total. The molecule has 1 atom stereocenters. The number of benzene rings is 1. The van der Waals surface area contributed by atoms with Crippen molar-refractivity contribution >= 4 is 29.9 Å². The second kappa shape index (κ2) is 15.5. The van der Waals surface area contributed by atoms with E-state index in [-0.39, 0.29) is 30.0 Å². The lowest BCUT2D eigenvalue weighted by Gasteiger charge is -2.26. The number of nitrogens with one attached hydrogen (secondary N) is 2. The molecule has 1 aliphatic rings. The SMILES string of the molecule is CCOc1ccc(C(C)NC(=NC)NCCCCN2CCOCC2)cc1OCC.I. The average Bonchev–Trinajstić information content (AvgIpc) is 2.74. The minimum absolute atomic E-state index is 0. The van der Waals surface area contributed by atoms with E-state index in [4.69, 9.17) is 14.2 Å². The van der Waals surface area contributed by atoms with E-state index < -0.39 is 0 Å². The largest absolute Gasteiger partial charge is 0.490 e. The highest BCUT2D eigenvalue weighted by atomic mass is 127. The molecule has 1 aliphatic heterocycles. The van der Waals surface area contributed by atoms with Crippen molar-refractivity contribution in [2.45, 2.75) is 39.7 Å². The maximum atomic E-state index is 5.74. The van der Waals surface area contributed by atoms with Gasteiger partial charge in [0.15, 0.2) is 17.5 Å². The standard InChI is InChI=1S/C22H38N4O3.HI/c1-5-28-20-10-9-19(17-21(20)29-6-2)18(3)25-22(23-4)24-11-7-8-12-26-13-15-27-16-14-26;/h9-10,17-18H,5-8,11-16H2,1-4H3,(H2,23,24,25);1H. The average molecular weight is 534 g/mol. The zero-order valence-electron chi connectivity index (χ0n) is 18.9. The minimum Gasteiger partial charge on any atom is -0.490 e. The molecule has 0 aromatic heterocycles. The van der Waals surface area contributed by atoms with Gasteiger partial charge in [-0.15, -0.1) is 24.0 Å². The molecule has 2 rings (SSSR count). The van der Waals surface area contributed by atoms with Crippen LogP contribution in [0.3, 0.4) is 0 Å². The molecule has 1 aromatic carbocycles. The number of rotatable bonds is 11. The zero-order chi connectivity index (χ0) is 20.9. The Morgan fingerprint density at radius 2 is 1.83 bits per heavy atom. The van der Waals surface area contributed by atoms with Crippen molar-refractivity contribution in [3.8, 4) is 11.5 Å². The van der Waals surface area contributed by atoms with Crippen LogP contribution in [0.15, 0.2) is 23.2 Å². The second-order valence-corrected chi connectivity index (χ2v) is 7.10. The smallest absolute Gasteiger partial charge is 0.191 e. The number of nitrogens with zero attached hydrogens (tertiary/aromatic N) is 2. The molecule has 0 amide bonds. The summed E-state index contributed by atoms with van der Waals surface area (Å²) in [6, 6.07) is 6.19. The Kier molecular flexibility index (Phi) is 13.9. The van der Waals surface area contributed by atoms with Crippen LogP contribution in [0, 0.1) is 0 Å². The van der Waals surface area contributed by atoms with Gasteiger partial charge >= 0.3 is 0 Å². The molecule has 0 radical (unpaired) electrons. The van der Waals surface area contributed by atoms with Gasteiger partial charge in [0.05, 0.1) is 32.5 Å². The van der Waals surface area contributed by atoms with Gasteiger partial charge in [-0.05, 0) is 57.9 Å². The molecule has 0 bridgehead atoms. The molecule has 8 heteroatoms. The summed E-state index contributed by atoms with van der Waals surface area (Å²) in [6.07, 6.45) is 2.29. The van der Waals surface area contributed by atoms with Gasteiger partial charge in [-0.25, -0.2) is 0 Å². The predicted octanol–water partition coefficient (Wildman–Crippen LogP) is 3.44. The number of aliphatic imine (C=N–C) groups is 1. The van der Waals surface area contributed by atoms with Gasteiger partial charge in [0.1, 0.15) is 0 Å². The highest BCUT2D eigenvalue weighted by Crippen LogP contribution is 2.30. The van der Waals surface area contributed by atoms with Crippen molar-refractivity contribution in [3.63, 3.8) is 0 Å². The summed E-state index contributed by atoms with van der Waals surface area (Å²) >= 11 is 0. The van der Waals surface area contributed by atoms with Crippen LogP contribution in [0.1, 0.15) is 45.2 Å². The fraction of sp³-hybridized carbons (Fsp3) is 0.682. The Hall–Kier alpha value is -1.26. The number of unbranched alkanes of at least 4 members (excludes halogenated alkanes) is 1. The van der Waals surface area contributed by atoms with E-state index in [1.807, 2.05) is 26.0 Å². The Bertz CT molecular complexity index is 624. The molecule has 1 fully saturated rings. The van der Waals surface area contributed by atoms with Gasteiger partial charge in [0, 0.05) is 26.7 Å². The Balaban J connectivity index is 0.00000450. The van der Waals surface area contributed by atoms with Crippen LogP contribution in [0.2, 0.25) is 0 Å². The van der Waals surface area contributed by atoms with Crippen LogP contribution in [0.4, 0.5) is 0 Å². The topological polar surface area (TPSA) is 67.4 Å². The van der Waals surface area contributed by atoms with E-state index in [0.29, 0.717) is 13.2 Å².